The van der Waals surface area contributed by atoms with Crippen molar-refractivity contribution in [1.82, 2.24) is 10.2 Å². The van der Waals surface area contributed by atoms with Gasteiger partial charge >= 0.3 is 11.9 Å². The molecular formula is C22H38N2O5. The Morgan fingerprint density at radius 3 is 2.48 bits per heavy atom. The van der Waals surface area contributed by atoms with Crippen LogP contribution in [-0.2, 0) is 23.9 Å². The molecule has 29 heavy (non-hydrogen) atoms. The zero-order chi connectivity index (χ0) is 21.4. The third-order valence-electron chi connectivity index (χ3n) is 6.16. The Morgan fingerprint density at radius 2 is 1.83 bits per heavy atom. The van der Waals surface area contributed by atoms with Gasteiger partial charge in [-0.2, -0.15) is 0 Å². The number of ether oxygens (including phenoxy) is 2. The number of hydrogen-bond donors (Lipinski definition) is 1. The lowest BCUT2D eigenvalue weighted by atomic mass is 9.84. The van der Waals surface area contributed by atoms with Gasteiger partial charge in [0.1, 0.15) is 12.1 Å². The van der Waals surface area contributed by atoms with Crippen molar-refractivity contribution in [3.05, 3.63) is 0 Å². The number of fused-ring (bicyclic) bond motifs is 1. The van der Waals surface area contributed by atoms with Crippen LogP contribution in [0, 0.1) is 5.92 Å². The molecule has 0 aromatic heterocycles. The number of hydrogen-bond acceptors (Lipinski definition) is 6. The van der Waals surface area contributed by atoms with Crippen LogP contribution in [-0.4, -0.2) is 60.1 Å². The van der Waals surface area contributed by atoms with Gasteiger partial charge in [-0.25, -0.2) is 4.79 Å². The van der Waals surface area contributed by atoms with Gasteiger partial charge in [0, 0.05) is 6.04 Å². The molecule has 2 aliphatic rings. The number of nitrogens with one attached hydrogen (secondary N) is 1. The topological polar surface area (TPSA) is 84.9 Å². The van der Waals surface area contributed by atoms with Crippen LogP contribution in [0.1, 0.15) is 79.1 Å². The van der Waals surface area contributed by atoms with Crippen molar-refractivity contribution in [2.75, 3.05) is 13.2 Å². The summed E-state index contributed by atoms with van der Waals surface area (Å²) >= 11 is 0. The molecule has 1 heterocycles. The van der Waals surface area contributed by atoms with Crippen molar-refractivity contribution in [2.24, 2.45) is 5.92 Å². The predicted molar refractivity (Wildman–Crippen MR) is 110 cm³/mol. The van der Waals surface area contributed by atoms with E-state index in [4.69, 9.17) is 9.47 Å². The van der Waals surface area contributed by atoms with Crippen LogP contribution in [0.2, 0.25) is 0 Å². The second-order valence-electron chi connectivity index (χ2n) is 8.23. The molecule has 0 aromatic rings. The standard InChI is InChI=1S/C22H38N2O5/c1-5-8-13-29-22(27)19-14-16-11-9-10-12-18(16)24(19)20(25)15(4)23-17(6-2)21(26)28-7-3/h15-19,23H,5-14H2,1-4H3. The van der Waals surface area contributed by atoms with Crippen LogP contribution >= 0.6 is 0 Å². The lowest BCUT2D eigenvalue weighted by molar-refractivity contribution is -0.156. The van der Waals surface area contributed by atoms with E-state index in [-0.39, 0.29) is 23.9 Å². The summed E-state index contributed by atoms with van der Waals surface area (Å²) in [5.74, 6) is -0.400. The summed E-state index contributed by atoms with van der Waals surface area (Å²) in [7, 11) is 0. The van der Waals surface area contributed by atoms with Gasteiger partial charge in [0.25, 0.3) is 0 Å². The molecule has 1 aliphatic heterocycles. The minimum absolute atomic E-state index is 0.0897. The molecule has 0 spiro atoms. The number of amides is 1. The van der Waals surface area contributed by atoms with Crippen LogP contribution in [0.4, 0.5) is 0 Å². The zero-order valence-corrected chi connectivity index (χ0v) is 18.4. The smallest absolute Gasteiger partial charge is 0.328 e. The summed E-state index contributed by atoms with van der Waals surface area (Å²) in [4.78, 5) is 40.0. The molecule has 0 bridgehead atoms. The second-order valence-corrected chi connectivity index (χ2v) is 8.23. The minimum Gasteiger partial charge on any atom is -0.465 e. The third-order valence-corrected chi connectivity index (χ3v) is 6.16. The first-order chi connectivity index (χ1) is 13.9. The molecule has 0 aromatic carbocycles. The number of carbonyl (C=O) groups is 3. The van der Waals surface area contributed by atoms with Gasteiger partial charge in [-0.1, -0.05) is 33.1 Å². The van der Waals surface area contributed by atoms with Crippen LogP contribution in [0.3, 0.4) is 0 Å². The van der Waals surface area contributed by atoms with Crippen LogP contribution in [0.15, 0.2) is 0 Å². The first-order valence-corrected chi connectivity index (χ1v) is 11.4. The average Bonchev–Trinajstić information content (AvgIpc) is 3.11. The predicted octanol–water partition coefficient (Wildman–Crippen LogP) is 2.81. The molecular weight excluding hydrogens is 372 g/mol. The molecule has 1 amide bonds. The van der Waals surface area contributed by atoms with Gasteiger partial charge < -0.3 is 14.4 Å². The summed E-state index contributed by atoms with van der Waals surface area (Å²) in [6.45, 7) is 8.17. The van der Waals surface area contributed by atoms with Crippen molar-refractivity contribution < 1.29 is 23.9 Å². The summed E-state index contributed by atoms with van der Waals surface area (Å²) in [5.41, 5.74) is 0. The lowest BCUT2D eigenvalue weighted by Gasteiger charge is -2.35. The van der Waals surface area contributed by atoms with Crippen molar-refractivity contribution in [3.63, 3.8) is 0 Å². The van der Waals surface area contributed by atoms with Gasteiger partial charge in [0.15, 0.2) is 0 Å². The number of esters is 2. The maximum atomic E-state index is 13.4. The fraction of sp³-hybridized carbons (Fsp3) is 0.864. The molecule has 1 N–H and O–H groups in total. The Hall–Kier alpha value is -1.63. The molecule has 1 aliphatic carbocycles. The van der Waals surface area contributed by atoms with E-state index in [1.807, 2.05) is 6.92 Å². The lowest BCUT2D eigenvalue weighted by Crippen LogP contribution is -2.55. The Kier molecular flexibility index (Phi) is 9.40. The Balaban J connectivity index is 2.11. The number of carbonyl (C=O) groups excluding carboxylic acids is 3. The van der Waals surface area contributed by atoms with E-state index in [0.29, 0.717) is 32.0 Å². The fourth-order valence-electron chi connectivity index (χ4n) is 4.59. The first-order valence-electron chi connectivity index (χ1n) is 11.4. The quantitative estimate of drug-likeness (QED) is 0.440. The van der Waals surface area contributed by atoms with E-state index in [9.17, 15) is 14.4 Å². The summed E-state index contributed by atoms with van der Waals surface area (Å²) < 4.78 is 10.6. The molecule has 2 fully saturated rings. The molecule has 2 rings (SSSR count). The van der Waals surface area contributed by atoms with E-state index in [2.05, 4.69) is 12.2 Å². The highest BCUT2D eigenvalue weighted by Gasteiger charge is 2.49. The van der Waals surface area contributed by atoms with Crippen LogP contribution < -0.4 is 5.32 Å². The van der Waals surface area contributed by atoms with Crippen molar-refractivity contribution in [1.29, 1.82) is 0 Å². The summed E-state index contributed by atoms with van der Waals surface area (Å²) in [6.07, 6.45) is 7.20. The molecule has 0 radical (unpaired) electrons. The van der Waals surface area contributed by atoms with Gasteiger partial charge in [-0.3, -0.25) is 14.9 Å². The van der Waals surface area contributed by atoms with Gasteiger partial charge in [0.2, 0.25) is 5.91 Å². The molecule has 5 atom stereocenters. The minimum atomic E-state index is -0.573. The number of rotatable bonds is 10. The van der Waals surface area contributed by atoms with Crippen molar-refractivity contribution in [2.45, 2.75) is 103 Å². The van der Waals surface area contributed by atoms with Gasteiger partial charge in [0.05, 0.1) is 19.3 Å². The number of unbranched alkanes of at least 4 members (excludes halogenated alkanes) is 1. The number of likely N-dealkylation sites (tertiary alicyclic amines) is 1. The van der Waals surface area contributed by atoms with E-state index in [0.717, 1.165) is 38.5 Å². The summed E-state index contributed by atoms with van der Waals surface area (Å²) in [6, 6.07) is -1.53. The Labute approximate surface area is 174 Å². The maximum absolute atomic E-state index is 13.4. The highest BCUT2D eigenvalue weighted by atomic mass is 16.5. The van der Waals surface area contributed by atoms with Crippen molar-refractivity contribution in [3.8, 4) is 0 Å². The van der Waals surface area contributed by atoms with Gasteiger partial charge in [-0.15, -0.1) is 0 Å². The van der Waals surface area contributed by atoms with E-state index >= 15 is 0 Å². The SMILES string of the molecule is CCCCOC(=O)C1CC2CCCCC2N1C(=O)C(C)NC(CC)C(=O)OCC. The molecule has 166 valence electrons. The van der Waals surface area contributed by atoms with Gasteiger partial charge in [-0.05, 0) is 51.9 Å². The Morgan fingerprint density at radius 1 is 1.10 bits per heavy atom. The van der Waals surface area contributed by atoms with E-state index in [1.54, 1.807) is 18.7 Å². The van der Waals surface area contributed by atoms with Crippen molar-refractivity contribution >= 4 is 17.8 Å². The average molecular weight is 411 g/mol. The molecule has 5 unspecified atom stereocenters. The zero-order valence-electron chi connectivity index (χ0n) is 18.4. The fourth-order valence-corrected chi connectivity index (χ4v) is 4.59. The second kappa shape index (κ2) is 11.5. The number of nitrogens with zero attached hydrogens (tertiary/aromatic N) is 1. The molecule has 1 saturated heterocycles. The highest BCUT2D eigenvalue weighted by molar-refractivity contribution is 5.89. The molecule has 1 saturated carbocycles. The summed E-state index contributed by atoms with van der Waals surface area (Å²) in [5, 5.41) is 3.12. The maximum Gasteiger partial charge on any atom is 0.328 e. The Bertz CT molecular complexity index is 567. The third kappa shape index (κ3) is 5.93. The van der Waals surface area contributed by atoms with Crippen LogP contribution in [0.5, 0.6) is 0 Å². The van der Waals surface area contributed by atoms with E-state index in [1.165, 1.54) is 0 Å². The molecule has 7 heteroatoms. The van der Waals surface area contributed by atoms with Crippen LogP contribution in [0.25, 0.3) is 0 Å². The first kappa shape index (κ1) is 23.6. The highest BCUT2D eigenvalue weighted by Crippen LogP contribution is 2.40. The largest absolute Gasteiger partial charge is 0.465 e. The normalized spacial score (nSPS) is 25.8. The molecule has 7 nitrogen and oxygen atoms in total. The van der Waals surface area contributed by atoms with E-state index < -0.39 is 18.1 Å². The monoisotopic (exact) mass is 410 g/mol.